The maximum absolute atomic E-state index is 13.0. The molecule has 2 rings (SSSR count). The summed E-state index contributed by atoms with van der Waals surface area (Å²) in [4.78, 5) is 22.4. The molecule has 0 bridgehead atoms. The zero-order chi connectivity index (χ0) is 21.0. The Balaban J connectivity index is 2.45. The molecule has 0 amide bonds. The van der Waals surface area contributed by atoms with Crippen LogP contribution in [0.1, 0.15) is 75.6 Å². The van der Waals surface area contributed by atoms with Gasteiger partial charge >= 0.3 is 0 Å². The topological polar surface area (TPSA) is 41.8 Å². The van der Waals surface area contributed by atoms with Crippen LogP contribution in [0, 0.1) is 13.8 Å². The van der Waals surface area contributed by atoms with Gasteiger partial charge in [0.25, 0.3) is 0 Å². The molecule has 0 N–H and O–H groups in total. The molecule has 2 aromatic rings. The molecule has 0 atom stereocenters. The number of carbonyl (C=O) groups is 1. The summed E-state index contributed by atoms with van der Waals surface area (Å²) in [6, 6.07) is 12.3. The van der Waals surface area contributed by atoms with E-state index in [1.54, 1.807) is 13.8 Å². The average Bonchev–Trinajstić information content (AvgIpc) is 2.63. The van der Waals surface area contributed by atoms with E-state index in [4.69, 9.17) is 9.98 Å². The number of aryl methyl sites for hydroxylation is 2. The van der Waals surface area contributed by atoms with E-state index in [0.29, 0.717) is 23.3 Å². The maximum atomic E-state index is 13.0. The van der Waals surface area contributed by atoms with Gasteiger partial charge in [-0.2, -0.15) is 0 Å². The lowest BCUT2D eigenvalue weighted by atomic mass is 9.98. The molecule has 0 saturated heterocycles. The van der Waals surface area contributed by atoms with Crippen molar-refractivity contribution in [2.75, 3.05) is 0 Å². The third-order valence-corrected chi connectivity index (χ3v) is 5.00. The van der Waals surface area contributed by atoms with Crippen molar-refractivity contribution in [1.29, 1.82) is 0 Å². The molecule has 3 heteroatoms. The Labute approximate surface area is 169 Å². The van der Waals surface area contributed by atoms with E-state index in [0.717, 1.165) is 33.6 Å². The number of hydrogen-bond donors (Lipinski definition) is 0. The van der Waals surface area contributed by atoms with Crippen molar-refractivity contribution in [1.82, 2.24) is 0 Å². The van der Waals surface area contributed by atoms with Crippen molar-refractivity contribution in [2.24, 2.45) is 9.98 Å². The van der Waals surface area contributed by atoms with E-state index in [2.05, 4.69) is 39.8 Å². The Morgan fingerprint density at radius 1 is 0.714 bits per heavy atom. The molecular weight excluding hydrogens is 344 g/mol. The minimum absolute atomic E-state index is 0.115. The fourth-order valence-corrected chi connectivity index (χ4v) is 3.30. The van der Waals surface area contributed by atoms with Crippen LogP contribution in [0.3, 0.4) is 0 Å². The van der Waals surface area contributed by atoms with Gasteiger partial charge in [0, 0.05) is 0 Å². The average molecular weight is 377 g/mol. The zero-order valence-electron chi connectivity index (χ0n) is 18.4. The quantitative estimate of drug-likeness (QED) is 0.500. The van der Waals surface area contributed by atoms with Gasteiger partial charge < -0.3 is 0 Å². The van der Waals surface area contributed by atoms with Gasteiger partial charge in [0.2, 0.25) is 5.78 Å². The monoisotopic (exact) mass is 376 g/mol. The predicted octanol–water partition coefficient (Wildman–Crippen LogP) is 7.00. The summed E-state index contributed by atoms with van der Waals surface area (Å²) in [6.45, 7) is 16.2. The molecule has 28 heavy (non-hydrogen) atoms. The van der Waals surface area contributed by atoms with Crippen molar-refractivity contribution in [3.63, 3.8) is 0 Å². The van der Waals surface area contributed by atoms with Crippen LogP contribution in [-0.2, 0) is 4.79 Å². The van der Waals surface area contributed by atoms with E-state index < -0.39 is 0 Å². The molecule has 0 aliphatic rings. The number of hydrogen-bond acceptors (Lipinski definition) is 3. The summed E-state index contributed by atoms with van der Waals surface area (Å²) in [7, 11) is 0. The van der Waals surface area contributed by atoms with E-state index in [1.807, 2.05) is 38.1 Å². The first-order valence-electron chi connectivity index (χ1n) is 9.97. The molecule has 0 fully saturated rings. The Bertz CT molecular complexity index is 858. The van der Waals surface area contributed by atoms with Crippen LogP contribution in [0.4, 0.5) is 11.4 Å². The molecule has 0 spiro atoms. The van der Waals surface area contributed by atoms with Gasteiger partial charge in [-0.15, -0.1) is 0 Å². The molecule has 0 unspecified atom stereocenters. The molecule has 0 radical (unpaired) electrons. The number of rotatable bonds is 6. The number of nitrogens with zero attached hydrogens (tertiary/aromatic N) is 2. The largest absolute Gasteiger partial charge is 0.286 e. The summed E-state index contributed by atoms with van der Waals surface area (Å²) >= 11 is 0. The minimum atomic E-state index is -0.115. The zero-order valence-corrected chi connectivity index (χ0v) is 18.4. The van der Waals surface area contributed by atoms with Crippen molar-refractivity contribution in [3.8, 4) is 0 Å². The third-order valence-electron chi connectivity index (χ3n) is 5.00. The molecule has 3 nitrogen and oxygen atoms in total. The third kappa shape index (κ3) is 4.83. The van der Waals surface area contributed by atoms with Gasteiger partial charge in [-0.05, 0) is 61.8 Å². The van der Waals surface area contributed by atoms with Gasteiger partial charge in [0.05, 0.1) is 22.8 Å². The molecule has 148 valence electrons. The Morgan fingerprint density at radius 3 is 1.39 bits per heavy atom. The molecule has 2 aromatic carbocycles. The highest BCUT2D eigenvalue weighted by Crippen LogP contribution is 2.31. The van der Waals surface area contributed by atoms with Crippen molar-refractivity contribution < 1.29 is 4.79 Å². The highest BCUT2D eigenvalue weighted by Gasteiger charge is 2.16. The van der Waals surface area contributed by atoms with E-state index in [9.17, 15) is 4.79 Å². The summed E-state index contributed by atoms with van der Waals surface area (Å²) in [5.41, 5.74) is 7.20. The summed E-state index contributed by atoms with van der Waals surface area (Å²) < 4.78 is 0. The second-order valence-electron chi connectivity index (χ2n) is 8.06. The molecule has 0 saturated carbocycles. The van der Waals surface area contributed by atoms with Crippen LogP contribution in [0.2, 0.25) is 0 Å². The smallest absolute Gasteiger partial charge is 0.220 e. The highest BCUT2D eigenvalue weighted by atomic mass is 16.1. The van der Waals surface area contributed by atoms with E-state index in [-0.39, 0.29) is 5.78 Å². The second kappa shape index (κ2) is 9.09. The summed E-state index contributed by atoms with van der Waals surface area (Å²) in [6.07, 6.45) is 0. The number of ketones is 1. The Morgan fingerprint density at radius 2 is 1.07 bits per heavy atom. The first-order chi connectivity index (χ1) is 13.1. The molecule has 0 aliphatic carbocycles. The second-order valence-corrected chi connectivity index (χ2v) is 8.06. The van der Waals surface area contributed by atoms with Gasteiger partial charge in [-0.3, -0.25) is 4.79 Å². The molecule has 0 heterocycles. The normalized spacial score (nSPS) is 12.8. The Hall–Kier alpha value is -2.55. The molecule has 0 aliphatic heterocycles. The fourth-order valence-electron chi connectivity index (χ4n) is 3.30. The number of Topliss-reactive ketones (excluding diaryl/α,β-unsaturated/α-hetero) is 1. The minimum Gasteiger partial charge on any atom is -0.286 e. The van der Waals surface area contributed by atoms with Crippen molar-refractivity contribution in [3.05, 3.63) is 58.7 Å². The van der Waals surface area contributed by atoms with Gasteiger partial charge in [-0.25, -0.2) is 9.98 Å². The van der Waals surface area contributed by atoms with Crippen LogP contribution < -0.4 is 0 Å². The number of para-hydroxylation sites is 2. The summed E-state index contributed by atoms with van der Waals surface area (Å²) in [5, 5.41) is 0. The van der Waals surface area contributed by atoms with Gasteiger partial charge in [0.1, 0.15) is 0 Å². The van der Waals surface area contributed by atoms with Crippen LogP contribution in [0.15, 0.2) is 46.4 Å². The lowest BCUT2D eigenvalue weighted by Gasteiger charge is -2.13. The fraction of sp³-hybridized carbons (Fsp3) is 0.400. The molecular formula is C25H32N2O. The standard InChI is InChI=1S/C25H32N2O/c1-15(2)21-13-9-11-17(5)23(21)26-19(7)25(28)20(8)27-24-18(6)12-10-14-22(24)16(3)4/h9-16H,1-8H3/b26-19+,27-20+. The highest BCUT2D eigenvalue weighted by molar-refractivity contribution is 6.66. The van der Waals surface area contributed by atoms with E-state index in [1.165, 1.54) is 0 Å². The van der Waals surface area contributed by atoms with Crippen LogP contribution in [-0.4, -0.2) is 17.2 Å². The predicted molar refractivity (Wildman–Crippen MR) is 121 cm³/mol. The molecule has 0 aromatic heterocycles. The number of aliphatic imine (C=N–C) groups is 2. The Kier molecular flexibility index (Phi) is 7.06. The van der Waals surface area contributed by atoms with Crippen LogP contribution >= 0.6 is 0 Å². The van der Waals surface area contributed by atoms with Gasteiger partial charge in [0.15, 0.2) is 0 Å². The first kappa shape index (κ1) is 21.7. The van der Waals surface area contributed by atoms with Crippen LogP contribution in [0.5, 0.6) is 0 Å². The first-order valence-corrected chi connectivity index (χ1v) is 9.97. The van der Waals surface area contributed by atoms with Crippen molar-refractivity contribution >= 4 is 28.6 Å². The van der Waals surface area contributed by atoms with Crippen LogP contribution in [0.25, 0.3) is 0 Å². The summed E-state index contributed by atoms with van der Waals surface area (Å²) in [5.74, 6) is 0.574. The SMILES string of the molecule is C/C(=N\c1c(C)cccc1C(C)C)C(=O)/C(C)=N/c1c(C)cccc1C(C)C. The van der Waals surface area contributed by atoms with Gasteiger partial charge in [-0.1, -0.05) is 64.1 Å². The van der Waals surface area contributed by atoms with Crippen molar-refractivity contribution in [2.45, 2.75) is 67.2 Å². The maximum Gasteiger partial charge on any atom is 0.220 e. The lowest BCUT2D eigenvalue weighted by Crippen LogP contribution is -2.19. The lowest BCUT2D eigenvalue weighted by molar-refractivity contribution is -0.107. The number of carbonyl (C=O) groups excluding carboxylic acids is 1. The van der Waals surface area contributed by atoms with E-state index >= 15 is 0 Å². The number of benzene rings is 2.